The highest BCUT2D eigenvalue weighted by Crippen LogP contribution is 2.44. The first-order valence-corrected chi connectivity index (χ1v) is 21.7. The summed E-state index contributed by atoms with van der Waals surface area (Å²) in [6.07, 6.45) is 0. The molecule has 0 atom stereocenters. The van der Waals surface area contributed by atoms with Crippen molar-refractivity contribution in [3.05, 3.63) is 249 Å². The lowest BCUT2D eigenvalue weighted by atomic mass is 9.96. The lowest BCUT2D eigenvalue weighted by Gasteiger charge is -2.29. The highest BCUT2D eigenvalue weighted by molar-refractivity contribution is 6.18. The zero-order valence-corrected chi connectivity index (χ0v) is 34.9. The molecule has 0 aliphatic carbocycles. The van der Waals surface area contributed by atoms with Crippen LogP contribution >= 0.6 is 0 Å². The van der Waals surface area contributed by atoms with Gasteiger partial charge in [0.15, 0.2) is 0 Å². The maximum absolute atomic E-state index is 6.36. The summed E-state index contributed by atoms with van der Waals surface area (Å²) >= 11 is 0. The molecule has 4 nitrogen and oxygen atoms in total. The summed E-state index contributed by atoms with van der Waals surface area (Å²) < 4.78 is 6.36. The van der Waals surface area contributed by atoms with Crippen molar-refractivity contribution in [2.75, 3.05) is 14.7 Å². The molecule has 0 aliphatic rings. The minimum Gasteiger partial charge on any atom is -0.456 e. The molecule has 0 radical (unpaired) electrons. The second-order valence-electron chi connectivity index (χ2n) is 16.2. The van der Waals surface area contributed by atoms with Crippen molar-refractivity contribution in [1.29, 1.82) is 0 Å². The maximum atomic E-state index is 6.36. The Bertz CT molecular complexity index is 3590. The van der Waals surface area contributed by atoms with Gasteiger partial charge in [-0.3, -0.25) is 0 Å². The molecule has 11 aromatic carbocycles. The fourth-order valence-corrected chi connectivity index (χ4v) is 9.40. The molecule has 12 rings (SSSR count). The van der Waals surface area contributed by atoms with Crippen LogP contribution in [0, 0.1) is 0 Å². The van der Waals surface area contributed by atoms with E-state index in [0.717, 1.165) is 73.1 Å². The van der Waals surface area contributed by atoms with Crippen LogP contribution in [-0.2, 0) is 0 Å². The molecular formula is C60H41N3O. The Morgan fingerprint density at radius 1 is 0.203 bits per heavy atom. The number of hydrogen-bond acceptors (Lipinski definition) is 4. The summed E-state index contributed by atoms with van der Waals surface area (Å²) in [5.41, 5.74) is 11.5. The maximum Gasteiger partial charge on any atom is 0.137 e. The lowest BCUT2D eigenvalue weighted by molar-refractivity contribution is 0.669. The molecule has 4 heteroatoms. The molecule has 1 aromatic heterocycles. The van der Waals surface area contributed by atoms with Crippen molar-refractivity contribution in [2.24, 2.45) is 0 Å². The summed E-state index contributed by atoms with van der Waals surface area (Å²) in [4.78, 5) is 6.99. The molecular weight excluding hydrogens is 779 g/mol. The van der Waals surface area contributed by atoms with E-state index in [-0.39, 0.29) is 0 Å². The van der Waals surface area contributed by atoms with Gasteiger partial charge in [-0.2, -0.15) is 0 Å². The van der Waals surface area contributed by atoms with Crippen molar-refractivity contribution < 1.29 is 4.42 Å². The van der Waals surface area contributed by atoms with Crippen LogP contribution in [0.25, 0.3) is 54.3 Å². The van der Waals surface area contributed by atoms with Crippen molar-refractivity contribution in [1.82, 2.24) is 0 Å². The molecule has 0 bridgehead atoms. The number of benzene rings is 11. The van der Waals surface area contributed by atoms with Gasteiger partial charge in [-0.25, -0.2) is 0 Å². The standard InChI is InChI=1S/C60H41N3O/c1-5-16-44(17-6-1)61(45-18-7-2-8-19-45)48-24-15-25-49(39-48)62(46-20-9-3-10-21-46)51-31-28-42-29-34-54-53-36-32-50(38-43(53)30-35-55(54)58(42)40-51)63(47-22-11-4-12-23-47)52-33-37-57-56-26-13-14-27-59(56)64-60(57)41-52/h1-41H. The zero-order valence-electron chi connectivity index (χ0n) is 34.9. The molecule has 64 heavy (non-hydrogen) atoms. The molecule has 0 fully saturated rings. The summed E-state index contributed by atoms with van der Waals surface area (Å²) in [5, 5.41) is 9.48. The molecule has 0 unspecified atom stereocenters. The van der Waals surface area contributed by atoms with Gasteiger partial charge in [0.2, 0.25) is 0 Å². The van der Waals surface area contributed by atoms with Crippen LogP contribution in [0.3, 0.4) is 0 Å². The van der Waals surface area contributed by atoms with Gasteiger partial charge in [-0.05, 0) is 142 Å². The van der Waals surface area contributed by atoms with Crippen LogP contribution in [-0.4, -0.2) is 0 Å². The number of para-hydroxylation sites is 5. The quantitative estimate of drug-likeness (QED) is 0.135. The normalized spacial score (nSPS) is 11.4. The molecule has 0 spiro atoms. The van der Waals surface area contributed by atoms with E-state index < -0.39 is 0 Å². The van der Waals surface area contributed by atoms with Crippen molar-refractivity contribution >= 4 is 105 Å². The predicted molar refractivity (Wildman–Crippen MR) is 270 cm³/mol. The third-order valence-corrected chi connectivity index (χ3v) is 12.3. The molecule has 0 saturated heterocycles. The fourth-order valence-electron chi connectivity index (χ4n) is 9.40. The van der Waals surface area contributed by atoms with Crippen LogP contribution in [0.1, 0.15) is 0 Å². The van der Waals surface area contributed by atoms with E-state index in [1.807, 2.05) is 12.1 Å². The summed E-state index contributed by atoms with van der Waals surface area (Å²) in [5.74, 6) is 0. The zero-order chi connectivity index (χ0) is 42.4. The minimum absolute atomic E-state index is 0.873. The minimum atomic E-state index is 0.873. The lowest BCUT2D eigenvalue weighted by Crippen LogP contribution is -2.13. The molecule has 302 valence electrons. The Balaban J connectivity index is 0.967. The van der Waals surface area contributed by atoms with Gasteiger partial charge in [0.25, 0.3) is 0 Å². The Hall–Kier alpha value is -8.60. The molecule has 0 aliphatic heterocycles. The van der Waals surface area contributed by atoms with Crippen LogP contribution in [0.5, 0.6) is 0 Å². The van der Waals surface area contributed by atoms with E-state index in [9.17, 15) is 0 Å². The van der Waals surface area contributed by atoms with Crippen LogP contribution < -0.4 is 14.7 Å². The molecule has 0 N–H and O–H groups in total. The average Bonchev–Trinajstić information content (AvgIpc) is 3.73. The second kappa shape index (κ2) is 15.7. The Morgan fingerprint density at radius 3 is 1.20 bits per heavy atom. The average molecular weight is 820 g/mol. The Labute approximate surface area is 371 Å². The predicted octanol–water partition coefficient (Wildman–Crippen LogP) is 17.5. The van der Waals surface area contributed by atoms with E-state index in [1.165, 1.54) is 32.3 Å². The Kier molecular flexibility index (Phi) is 9.12. The number of rotatable bonds is 9. The smallest absolute Gasteiger partial charge is 0.137 e. The van der Waals surface area contributed by atoms with E-state index in [2.05, 4.69) is 251 Å². The van der Waals surface area contributed by atoms with Crippen LogP contribution in [0.4, 0.5) is 51.2 Å². The molecule has 0 amide bonds. The summed E-state index contributed by atoms with van der Waals surface area (Å²) in [6.45, 7) is 0. The van der Waals surface area contributed by atoms with E-state index in [4.69, 9.17) is 4.42 Å². The Morgan fingerprint density at radius 2 is 0.594 bits per heavy atom. The van der Waals surface area contributed by atoms with Gasteiger partial charge >= 0.3 is 0 Å². The van der Waals surface area contributed by atoms with Gasteiger partial charge in [0.05, 0.1) is 0 Å². The first kappa shape index (κ1) is 37.2. The number of nitrogens with zero attached hydrogens (tertiary/aromatic N) is 3. The number of fused-ring (bicyclic) bond motifs is 8. The topological polar surface area (TPSA) is 22.9 Å². The first-order chi connectivity index (χ1) is 31.7. The fraction of sp³-hybridized carbons (Fsp3) is 0. The van der Waals surface area contributed by atoms with Crippen LogP contribution in [0.15, 0.2) is 253 Å². The SMILES string of the molecule is c1ccc(N(c2ccccc2)c2cccc(N(c3ccccc3)c3ccc4ccc5c6ccc(N(c7ccccc7)c7ccc8c(c7)oc7ccccc78)cc6ccc5c4c3)c2)cc1. The highest BCUT2D eigenvalue weighted by Gasteiger charge is 2.20. The summed E-state index contributed by atoms with van der Waals surface area (Å²) in [6, 6.07) is 88.8. The van der Waals surface area contributed by atoms with Crippen molar-refractivity contribution in [3.63, 3.8) is 0 Å². The highest BCUT2D eigenvalue weighted by atomic mass is 16.3. The third kappa shape index (κ3) is 6.57. The van der Waals surface area contributed by atoms with E-state index >= 15 is 0 Å². The van der Waals surface area contributed by atoms with Gasteiger partial charge < -0.3 is 19.1 Å². The first-order valence-electron chi connectivity index (χ1n) is 21.7. The van der Waals surface area contributed by atoms with E-state index in [1.54, 1.807) is 0 Å². The second-order valence-corrected chi connectivity index (χ2v) is 16.2. The number of anilines is 9. The van der Waals surface area contributed by atoms with Gasteiger partial charge in [0, 0.05) is 68.0 Å². The van der Waals surface area contributed by atoms with Gasteiger partial charge in [-0.1, -0.05) is 133 Å². The van der Waals surface area contributed by atoms with Gasteiger partial charge in [-0.15, -0.1) is 0 Å². The molecule has 1 heterocycles. The molecule has 0 saturated carbocycles. The third-order valence-electron chi connectivity index (χ3n) is 12.3. The van der Waals surface area contributed by atoms with E-state index in [0.29, 0.717) is 0 Å². The number of furan rings is 1. The monoisotopic (exact) mass is 819 g/mol. The van der Waals surface area contributed by atoms with Crippen molar-refractivity contribution in [3.8, 4) is 0 Å². The van der Waals surface area contributed by atoms with Gasteiger partial charge in [0.1, 0.15) is 11.2 Å². The largest absolute Gasteiger partial charge is 0.456 e. The summed E-state index contributed by atoms with van der Waals surface area (Å²) in [7, 11) is 0. The van der Waals surface area contributed by atoms with Crippen LogP contribution in [0.2, 0.25) is 0 Å². The number of hydrogen-bond donors (Lipinski definition) is 0. The van der Waals surface area contributed by atoms with Crippen molar-refractivity contribution in [2.45, 2.75) is 0 Å². The molecule has 12 aromatic rings.